The van der Waals surface area contributed by atoms with Gasteiger partial charge in [0.25, 0.3) is 0 Å². The second-order valence-electron chi connectivity index (χ2n) is 3.72. The van der Waals surface area contributed by atoms with Crippen molar-refractivity contribution in [3.05, 3.63) is 34.9 Å². The monoisotopic (exact) mass is 191 g/mol. The summed E-state index contributed by atoms with van der Waals surface area (Å²) >= 11 is 0. The summed E-state index contributed by atoms with van der Waals surface area (Å²) in [5.41, 5.74) is 8.48. The van der Waals surface area contributed by atoms with Crippen LogP contribution in [-0.4, -0.2) is 11.1 Å². The molecule has 14 heavy (non-hydrogen) atoms. The maximum Gasteiger partial charge on any atom is 0.121 e. The minimum atomic E-state index is 0.0596. The van der Waals surface area contributed by atoms with Gasteiger partial charge < -0.3 is 10.8 Å². The highest BCUT2D eigenvalue weighted by molar-refractivity contribution is 5.56. The Bertz CT molecular complexity index is 330. The van der Waals surface area contributed by atoms with Crippen LogP contribution in [-0.2, 0) is 0 Å². The predicted octanol–water partition coefficient (Wildman–Crippen LogP) is 2.37. The van der Waals surface area contributed by atoms with Crippen molar-refractivity contribution in [3.8, 4) is 5.75 Å². The van der Waals surface area contributed by atoms with Gasteiger partial charge in [0, 0.05) is 6.04 Å². The summed E-state index contributed by atoms with van der Waals surface area (Å²) < 4.78 is 0. The van der Waals surface area contributed by atoms with Gasteiger partial charge in [-0.2, -0.15) is 0 Å². The number of nitrogens with two attached hydrogens (primary N) is 1. The highest BCUT2D eigenvalue weighted by Gasteiger charge is 2.00. The number of phenols is 1. The summed E-state index contributed by atoms with van der Waals surface area (Å²) in [5.74, 6) is 0.378. The molecule has 0 aliphatic carbocycles. The molecule has 0 radical (unpaired) electrons. The molecule has 1 unspecified atom stereocenters. The van der Waals surface area contributed by atoms with Crippen LogP contribution >= 0.6 is 0 Å². The molecule has 2 heteroatoms. The van der Waals surface area contributed by atoms with E-state index < -0.39 is 0 Å². The standard InChI is InChI=1S/C12H17NO/c1-8-6-11(5-4-10(3)13)7-9(2)12(8)14/h4-7,10,14H,13H2,1-3H3/b5-4+. The fourth-order valence-electron chi connectivity index (χ4n) is 1.35. The number of phenolic OH excluding ortho intramolecular Hbond substituents is 1. The molecule has 1 aromatic rings. The van der Waals surface area contributed by atoms with Gasteiger partial charge in [-0.1, -0.05) is 12.2 Å². The van der Waals surface area contributed by atoms with Crippen LogP contribution in [0.1, 0.15) is 23.6 Å². The largest absolute Gasteiger partial charge is 0.507 e. The summed E-state index contributed by atoms with van der Waals surface area (Å²) in [6.45, 7) is 5.72. The fourth-order valence-corrected chi connectivity index (χ4v) is 1.35. The van der Waals surface area contributed by atoms with E-state index in [1.54, 1.807) is 0 Å². The van der Waals surface area contributed by atoms with Crippen LogP contribution in [0.2, 0.25) is 0 Å². The van der Waals surface area contributed by atoms with Crippen LogP contribution in [0.5, 0.6) is 5.75 Å². The minimum absolute atomic E-state index is 0.0596. The molecule has 0 saturated heterocycles. The van der Waals surface area contributed by atoms with E-state index in [2.05, 4.69) is 0 Å². The number of aryl methyl sites for hydroxylation is 2. The topological polar surface area (TPSA) is 46.2 Å². The van der Waals surface area contributed by atoms with Crippen LogP contribution in [0.25, 0.3) is 6.08 Å². The van der Waals surface area contributed by atoms with E-state index in [0.717, 1.165) is 16.7 Å². The molecule has 0 saturated carbocycles. The molecule has 76 valence electrons. The van der Waals surface area contributed by atoms with Gasteiger partial charge in [-0.05, 0) is 49.6 Å². The van der Waals surface area contributed by atoms with Crippen molar-refractivity contribution in [1.29, 1.82) is 0 Å². The van der Waals surface area contributed by atoms with Crippen molar-refractivity contribution in [2.24, 2.45) is 5.73 Å². The molecule has 1 rings (SSSR count). The lowest BCUT2D eigenvalue weighted by molar-refractivity contribution is 0.467. The zero-order chi connectivity index (χ0) is 10.7. The molecule has 1 atom stereocenters. The summed E-state index contributed by atoms with van der Waals surface area (Å²) in [4.78, 5) is 0. The van der Waals surface area contributed by atoms with Gasteiger partial charge in [-0.15, -0.1) is 0 Å². The van der Waals surface area contributed by atoms with Gasteiger partial charge in [-0.3, -0.25) is 0 Å². The molecule has 0 aromatic heterocycles. The van der Waals surface area contributed by atoms with E-state index in [1.165, 1.54) is 0 Å². The zero-order valence-electron chi connectivity index (χ0n) is 8.91. The van der Waals surface area contributed by atoms with Crippen LogP contribution < -0.4 is 5.73 Å². The lowest BCUT2D eigenvalue weighted by Crippen LogP contribution is -2.09. The average Bonchev–Trinajstić information content (AvgIpc) is 2.10. The molecular formula is C12H17NO. The summed E-state index contributed by atoms with van der Waals surface area (Å²) in [6.07, 6.45) is 3.91. The normalized spacial score (nSPS) is 13.4. The third-order valence-electron chi connectivity index (χ3n) is 2.11. The highest BCUT2D eigenvalue weighted by Crippen LogP contribution is 2.23. The van der Waals surface area contributed by atoms with Crippen LogP contribution in [0.4, 0.5) is 0 Å². The van der Waals surface area contributed by atoms with E-state index in [4.69, 9.17) is 5.73 Å². The van der Waals surface area contributed by atoms with E-state index in [-0.39, 0.29) is 6.04 Å². The number of rotatable bonds is 2. The molecule has 1 aromatic carbocycles. The highest BCUT2D eigenvalue weighted by atomic mass is 16.3. The van der Waals surface area contributed by atoms with Gasteiger partial charge in [0.2, 0.25) is 0 Å². The Morgan fingerprint density at radius 2 is 1.79 bits per heavy atom. The minimum Gasteiger partial charge on any atom is -0.507 e. The van der Waals surface area contributed by atoms with E-state index in [9.17, 15) is 5.11 Å². The summed E-state index contributed by atoms with van der Waals surface area (Å²) in [7, 11) is 0. The Morgan fingerprint density at radius 1 is 1.29 bits per heavy atom. The molecule has 0 aliphatic heterocycles. The van der Waals surface area contributed by atoms with Gasteiger partial charge in [0.05, 0.1) is 0 Å². The number of aromatic hydroxyl groups is 1. The van der Waals surface area contributed by atoms with E-state index in [1.807, 2.05) is 45.1 Å². The second-order valence-corrected chi connectivity index (χ2v) is 3.72. The average molecular weight is 191 g/mol. The first-order valence-corrected chi connectivity index (χ1v) is 4.74. The molecule has 3 N–H and O–H groups in total. The Hall–Kier alpha value is -1.28. The summed E-state index contributed by atoms with van der Waals surface area (Å²) in [5, 5.41) is 9.56. The molecule has 2 nitrogen and oxygen atoms in total. The van der Waals surface area contributed by atoms with E-state index in [0.29, 0.717) is 5.75 Å². The number of hydrogen-bond acceptors (Lipinski definition) is 2. The first-order valence-electron chi connectivity index (χ1n) is 4.74. The van der Waals surface area contributed by atoms with Crippen molar-refractivity contribution in [3.63, 3.8) is 0 Å². The van der Waals surface area contributed by atoms with Gasteiger partial charge in [-0.25, -0.2) is 0 Å². The Kier molecular flexibility index (Phi) is 3.31. The third kappa shape index (κ3) is 2.60. The molecule has 0 aliphatic rings. The Balaban J connectivity index is 3.01. The van der Waals surface area contributed by atoms with E-state index >= 15 is 0 Å². The van der Waals surface area contributed by atoms with Crippen LogP contribution in [0, 0.1) is 13.8 Å². The lowest BCUT2D eigenvalue weighted by Gasteiger charge is -2.05. The second kappa shape index (κ2) is 4.29. The maximum atomic E-state index is 9.56. The quantitative estimate of drug-likeness (QED) is 0.753. The van der Waals surface area contributed by atoms with Crippen molar-refractivity contribution >= 4 is 6.08 Å². The van der Waals surface area contributed by atoms with Crippen molar-refractivity contribution < 1.29 is 5.11 Å². The van der Waals surface area contributed by atoms with Crippen LogP contribution in [0.3, 0.4) is 0 Å². The summed E-state index contributed by atoms with van der Waals surface area (Å²) in [6, 6.07) is 3.95. The molecule has 0 amide bonds. The number of hydrogen-bond donors (Lipinski definition) is 2. The SMILES string of the molecule is Cc1cc(/C=C/C(C)N)cc(C)c1O. The molecule has 0 bridgehead atoms. The maximum absolute atomic E-state index is 9.56. The van der Waals surface area contributed by atoms with Gasteiger partial charge in [0.1, 0.15) is 5.75 Å². The first kappa shape index (κ1) is 10.8. The lowest BCUT2D eigenvalue weighted by atomic mass is 10.1. The van der Waals surface area contributed by atoms with Crippen molar-refractivity contribution in [1.82, 2.24) is 0 Å². The molecule has 0 fully saturated rings. The smallest absolute Gasteiger partial charge is 0.121 e. The van der Waals surface area contributed by atoms with Crippen molar-refractivity contribution in [2.45, 2.75) is 26.8 Å². The Morgan fingerprint density at radius 3 is 2.21 bits per heavy atom. The predicted molar refractivity (Wildman–Crippen MR) is 60.3 cm³/mol. The fraction of sp³-hybridized carbons (Fsp3) is 0.333. The Labute approximate surface area is 85.1 Å². The molecule has 0 spiro atoms. The van der Waals surface area contributed by atoms with Gasteiger partial charge in [0.15, 0.2) is 0 Å². The first-order chi connectivity index (χ1) is 6.50. The van der Waals surface area contributed by atoms with Gasteiger partial charge >= 0.3 is 0 Å². The third-order valence-corrected chi connectivity index (χ3v) is 2.11. The number of benzene rings is 1. The van der Waals surface area contributed by atoms with Crippen molar-refractivity contribution in [2.75, 3.05) is 0 Å². The molecular weight excluding hydrogens is 174 g/mol. The zero-order valence-corrected chi connectivity index (χ0v) is 8.91. The molecule has 0 heterocycles. The van der Waals surface area contributed by atoms with Crippen LogP contribution in [0.15, 0.2) is 18.2 Å².